The predicted octanol–water partition coefficient (Wildman–Crippen LogP) is 2.48. The van der Waals surface area contributed by atoms with Crippen molar-refractivity contribution in [2.24, 2.45) is 0 Å². The van der Waals surface area contributed by atoms with Crippen molar-refractivity contribution >= 4 is 17.1 Å². The Hall–Kier alpha value is -1.70. The van der Waals surface area contributed by atoms with E-state index >= 15 is 0 Å². The van der Waals surface area contributed by atoms with Gasteiger partial charge in [0.05, 0.1) is 0 Å². The molecule has 0 aromatic carbocycles. The van der Waals surface area contributed by atoms with Crippen LogP contribution in [0, 0.1) is 6.92 Å². The van der Waals surface area contributed by atoms with E-state index in [1.54, 1.807) is 18.5 Å². The largest absolute Gasteiger partial charge is 0.237 e. The number of hydrogen-bond donors (Lipinski definition) is 0. The lowest BCUT2D eigenvalue weighted by atomic mass is 10.2. The van der Waals surface area contributed by atoms with Crippen LogP contribution in [0.15, 0.2) is 36.7 Å². The minimum Gasteiger partial charge on any atom is -0.237 e. The Morgan fingerprint density at radius 1 is 1.31 bits per heavy atom. The average molecular weight is 169 g/mol. The molecule has 0 amide bonds. The molecule has 2 nitrogen and oxygen atoms in total. The maximum atomic E-state index is 4.21. The van der Waals surface area contributed by atoms with Crippen LogP contribution >= 0.6 is 0 Å². The fourth-order valence-corrected chi connectivity index (χ4v) is 1.21. The van der Waals surface area contributed by atoms with Crippen LogP contribution in [0.4, 0.5) is 0 Å². The molecule has 0 aliphatic carbocycles. The average Bonchev–Trinajstić information content (AvgIpc) is 2.18. The van der Waals surface area contributed by atoms with Crippen molar-refractivity contribution < 1.29 is 0 Å². The van der Waals surface area contributed by atoms with Crippen LogP contribution in [0.3, 0.4) is 0 Å². The van der Waals surface area contributed by atoms with Crippen LogP contribution in [0.1, 0.15) is 5.56 Å². The van der Waals surface area contributed by atoms with Gasteiger partial charge in [-0.15, -0.1) is 0 Å². The number of rotatable bonds is 1. The summed E-state index contributed by atoms with van der Waals surface area (Å²) < 4.78 is 0. The first-order chi connectivity index (χ1) is 6.40. The highest BCUT2D eigenvalue weighted by atomic mass is 14.8. The fraction of sp³-hybridized carbons (Fsp3) is 0. The molecule has 0 bridgehead atoms. The van der Waals surface area contributed by atoms with E-state index in [4.69, 9.17) is 0 Å². The number of fused-ring (bicyclic) bond motifs is 1. The first-order valence-corrected chi connectivity index (χ1v) is 4.07. The molecule has 0 fully saturated rings. The lowest BCUT2D eigenvalue weighted by Gasteiger charge is -1.96. The van der Waals surface area contributed by atoms with E-state index in [1.807, 2.05) is 24.3 Å². The molecule has 2 rings (SSSR count). The van der Waals surface area contributed by atoms with Gasteiger partial charge in [0.15, 0.2) is 5.65 Å². The van der Waals surface area contributed by atoms with E-state index in [2.05, 4.69) is 16.9 Å². The van der Waals surface area contributed by atoms with Gasteiger partial charge in [-0.2, -0.15) is 0 Å². The van der Waals surface area contributed by atoms with Gasteiger partial charge >= 0.3 is 0 Å². The predicted molar refractivity (Wildman–Crippen MR) is 53.9 cm³/mol. The first kappa shape index (κ1) is 7.92. The summed E-state index contributed by atoms with van der Waals surface area (Å²) in [5, 5.41) is 1.05. The van der Waals surface area contributed by atoms with E-state index in [1.165, 1.54) is 0 Å². The molecule has 0 saturated carbocycles. The fourth-order valence-electron chi connectivity index (χ4n) is 1.21. The van der Waals surface area contributed by atoms with Gasteiger partial charge in [-0.1, -0.05) is 12.2 Å². The Morgan fingerprint density at radius 2 is 2.23 bits per heavy atom. The van der Waals surface area contributed by atoms with Crippen LogP contribution in [-0.4, -0.2) is 9.97 Å². The zero-order valence-corrected chi connectivity index (χ0v) is 7.14. The van der Waals surface area contributed by atoms with E-state index in [0.29, 0.717) is 0 Å². The highest BCUT2D eigenvalue weighted by Crippen LogP contribution is 2.10. The van der Waals surface area contributed by atoms with Gasteiger partial charge in [0, 0.05) is 17.8 Å². The maximum Gasteiger partial charge on any atom is 0.159 e. The van der Waals surface area contributed by atoms with Crippen LogP contribution in [0.2, 0.25) is 0 Å². The van der Waals surface area contributed by atoms with Crippen molar-refractivity contribution in [1.29, 1.82) is 0 Å². The molecule has 2 aromatic rings. The third-order valence-electron chi connectivity index (χ3n) is 1.79. The van der Waals surface area contributed by atoms with Gasteiger partial charge in [-0.3, -0.25) is 0 Å². The Bertz CT molecular complexity index is 447. The highest BCUT2D eigenvalue weighted by molar-refractivity contribution is 5.76. The second kappa shape index (κ2) is 3.35. The topological polar surface area (TPSA) is 25.8 Å². The van der Waals surface area contributed by atoms with Gasteiger partial charge in [-0.05, 0) is 30.7 Å². The van der Waals surface area contributed by atoms with Crippen molar-refractivity contribution in [3.8, 4) is 0 Å². The van der Waals surface area contributed by atoms with E-state index < -0.39 is 0 Å². The molecule has 1 radical (unpaired) electrons. The Morgan fingerprint density at radius 3 is 3.08 bits per heavy atom. The quantitative estimate of drug-likeness (QED) is 0.655. The molecule has 0 aliphatic rings. The second-order valence-corrected chi connectivity index (χ2v) is 2.72. The van der Waals surface area contributed by atoms with Crippen molar-refractivity contribution in [3.05, 3.63) is 49.2 Å². The minimum atomic E-state index is 0.781. The first-order valence-electron chi connectivity index (χ1n) is 4.07. The lowest BCUT2D eigenvalue weighted by molar-refractivity contribution is 1.28. The molecule has 63 valence electrons. The molecule has 2 heterocycles. The summed E-state index contributed by atoms with van der Waals surface area (Å²) >= 11 is 0. The third-order valence-corrected chi connectivity index (χ3v) is 1.79. The third kappa shape index (κ3) is 1.56. The van der Waals surface area contributed by atoms with E-state index in [9.17, 15) is 0 Å². The summed E-state index contributed by atoms with van der Waals surface area (Å²) in [6.45, 7) is 3.64. The van der Waals surface area contributed by atoms with Crippen LogP contribution in [-0.2, 0) is 0 Å². The molecule has 13 heavy (non-hydrogen) atoms. The molecule has 0 aliphatic heterocycles. The summed E-state index contributed by atoms with van der Waals surface area (Å²) in [5.74, 6) is 0. The monoisotopic (exact) mass is 169 g/mol. The Kier molecular flexibility index (Phi) is 2.04. The van der Waals surface area contributed by atoms with Crippen LogP contribution in [0.25, 0.3) is 17.1 Å². The van der Waals surface area contributed by atoms with Gasteiger partial charge < -0.3 is 0 Å². The van der Waals surface area contributed by atoms with Gasteiger partial charge in [0.2, 0.25) is 0 Å². The molecule has 0 N–H and O–H groups in total. The van der Waals surface area contributed by atoms with Gasteiger partial charge in [0.1, 0.15) is 0 Å². The number of nitrogens with zero attached hydrogens (tertiary/aromatic N) is 2. The zero-order valence-electron chi connectivity index (χ0n) is 7.14. The Labute approximate surface area is 77.0 Å². The number of hydrogen-bond acceptors (Lipinski definition) is 2. The lowest BCUT2D eigenvalue weighted by Crippen LogP contribution is -1.83. The van der Waals surface area contributed by atoms with Crippen LogP contribution < -0.4 is 0 Å². The maximum absolute atomic E-state index is 4.21. The van der Waals surface area contributed by atoms with Crippen molar-refractivity contribution in [3.63, 3.8) is 0 Å². The Balaban J connectivity index is 2.62. The SMILES string of the molecule is [CH2]/C=C/c1cnc2ncccc2c1. The molecule has 0 saturated heterocycles. The summed E-state index contributed by atoms with van der Waals surface area (Å²) in [4.78, 5) is 8.34. The van der Waals surface area contributed by atoms with Crippen LogP contribution in [0.5, 0.6) is 0 Å². The number of pyridine rings is 2. The van der Waals surface area contributed by atoms with Crippen molar-refractivity contribution in [2.75, 3.05) is 0 Å². The summed E-state index contributed by atoms with van der Waals surface area (Å²) in [6, 6.07) is 5.94. The standard InChI is InChI=1S/C11H9N2/c1-2-4-9-7-10-5-3-6-12-11(10)13-8-9/h2-8H,1H2/b4-2+. The molecule has 0 spiro atoms. The van der Waals surface area contributed by atoms with Gasteiger partial charge in [0.25, 0.3) is 0 Å². The molecule has 2 heteroatoms. The van der Waals surface area contributed by atoms with Crippen molar-refractivity contribution in [1.82, 2.24) is 9.97 Å². The van der Waals surface area contributed by atoms with E-state index in [0.717, 1.165) is 16.6 Å². The summed E-state index contributed by atoms with van der Waals surface area (Å²) in [6.07, 6.45) is 7.20. The molecule has 0 atom stereocenters. The normalized spacial score (nSPS) is 11.2. The second-order valence-electron chi connectivity index (χ2n) is 2.72. The molecular formula is C11H9N2. The van der Waals surface area contributed by atoms with Crippen molar-refractivity contribution in [2.45, 2.75) is 0 Å². The molecule has 2 aromatic heterocycles. The zero-order chi connectivity index (χ0) is 9.10. The number of aromatic nitrogens is 2. The smallest absolute Gasteiger partial charge is 0.159 e. The molecular weight excluding hydrogens is 160 g/mol. The summed E-state index contributed by atoms with van der Waals surface area (Å²) in [7, 11) is 0. The molecule has 0 unspecified atom stereocenters. The van der Waals surface area contributed by atoms with Gasteiger partial charge in [-0.25, -0.2) is 9.97 Å². The highest BCUT2D eigenvalue weighted by Gasteiger charge is 1.94. The van der Waals surface area contributed by atoms with E-state index in [-0.39, 0.29) is 0 Å². The summed E-state index contributed by atoms with van der Waals surface area (Å²) in [5.41, 5.74) is 1.83. The minimum absolute atomic E-state index is 0.781. The number of allylic oxidation sites excluding steroid dienone is 1.